The fourth-order valence-electron chi connectivity index (χ4n) is 2.82. The molecule has 1 aromatic heterocycles. The molecular weight excluding hydrogens is 447 g/mol. The lowest BCUT2D eigenvalue weighted by molar-refractivity contribution is -0.274. The Labute approximate surface area is 183 Å². The van der Waals surface area contributed by atoms with Crippen molar-refractivity contribution < 1.29 is 27.5 Å². The van der Waals surface area contributed by atoms with Gasteiger partial charge in [-0.2, -0.15) is 5.26 Å². The predicted molar refractivity (Wildman–Crippen MR) is 111 cm³/mol. The highest BCUT2D eigenvalue weighted by atomic mass is 32.1. The van der Waals surface area contributed by atoms with E-state index >= 15 is 0 Å². The monoisotopic (exact) mass is 463 g/mol. The van der Waals surface area contributed by atoms with Crippen LogP contribution in [-0.2, 0) is 11.2 Å². The summed E-state index contributed by atoms with van der Waals surface area (Å²) >= 11 is 0.985. The molecule has 0 radical (unpaired) electrons. The van der Waals surface area contributed by atoms with E-state index < -0.39 is 12.3 Å². The Balaban J connectivity index is 1.79. The lowest BCUT2D eigenvalue weighted by atomic mass is 10.0. The summed E-state index contributed by atoms with van der Waals surface area (Å²) in [4.78, 5) is 28.3. The molecule has 0 saturated heterocycles. The molecule has 4 N–H and O–H groups in total. The van der Waals surface area contributed by atoms with Gasteiger partial charge in [0.15, 0.2) is 5.13 Å². The maximum Gasteiger partial charge on any atom is 0.573 e. The number of alkyl halides is 3. The first kappa shape index (κ1) is 23.0. The Morgan fingerprint density at radius 1 is 1.22 bits per heavy atom. The minimum absolute atomic E-state index is 0.168. The number of amides is 2. The van der Waals surface area contributed by atoms with E-state index in [2.05, 4.69) is 20.4 Å². The third-order valence-corrected chi connectivity index (χ3v) is 5.13. The molecule has 0 aliphatic rings. The van der Waals surface area contributed by atoms with Crippen molar-refractivity contribution in [3.8, 4) is 11.8 Å². The Morgan fingerprint density at radius 2 is 2.00 bits per heavy atom. The number of ether oxygens (including phenoxy) is 1. The van der Waals surface area contributed by atoms with Crippen molar-refractivity contribution in [2.75, 3.05) is 18.4 Å². The zero-order chi connectivity index (χ0) is 23.3. The van der Waals surface area contributed by atoms with E-state index in [9.17, 15) is 22.8 Å². The SMILES string of the molecule is N#Cc1ccc(C(=O)Nc2nc3ccc(OC(F)(F)F)cc3s2)c(CCNC(=O)CN)c1. The summed E-state index contributed by atoms with van der Waals surface area (Å²) < 4.78 is 41.5. The molecular formula is C20H16F3N5O3S. The zero-order valence-electron chi connectivity index (χ0n) is 16.3. The van der Waals surface area contributed by atoms with Gasteiger partial charge < -0.3 is 15.8 Å². The predicted octanol–water partition coefficient (Wildman–Crippen LogP) is 2.94. The molecule has 0 atom stereocenters. The molecule has 0 saturated carbocycles. The molecule has 0 fully saturated rings. The number of carbonyl (C=O) groups excluding carboxylic acids is 2. The molecule has 0 aliphatic heterocycles. The van der Waals surface area contributed by atoms with Gasteiger partial charge in [-0.05, 0) is 42.3 Å². The van der Waals surface area contributed by atoms with Crippen molar-refractivity contribution in [1.29, 1.82) is 5.26 Å². The summed E-state index contributed by atoms with van der Waals surface area (Å²) in [6.45, 7) is 0.0488. The number of hydrogen-bond donors (Lipinski definition) is 3. The highest BCUT2D eigenvalue weighted by Crippen LogP contribution is 2.32. The van der Waals surface area contributed by atoms with Gasteiger partial charge in [0.2, 0.25) is 5.91 Å². The van der Waals surface area contributed by atoms with E-state index in [4.69, 9.17) is 11.0 Å². The Kier molecular flexibility index (Phi) is 6.92. The Hall–Kier alpha value is -3.69. The van der Waals surface area contributed by atoms with E-state index in [1.807, 2.05) is 6.07 Å². The second-order valence-electron chi connectivity index (χ2n) is 6.44. The number of aromatic nitrogens is 1. The molecule has 1 heterocycles. The van der Waals surface area contributed by atoms with Crippen molar-refractivity contribution in [3.63, 3.8) is 0 Å². The smallest absolute Gasteiger partial charge is 0.406 e. The van der Waals surface area contributed by atoms with Gasteiger partial charge in [0.05, 0.1) is 28.4 Å². The molecule has 0 spiro atoms. The normalized spacial score (nSPS) is 11.1. The van der Waals surface area contributed by atoms with Gasteiger partial charge in [-0.15, -0.1) is 13.2 Å². The number of hydrogen-bond acceptors (Lipinski definition) is 7. The summed E-state index contributed by atoms with van der Waals surface area (Å²) in [5, 5.41) is 14.5. The van der Waals surface area contributed by atoms with E-state index in [1.165, 1.54) is 24.3 Å². The highest BCUT2D eigenvalue weighted by molar-refractivity contribution is 7.22. The van der Waals surface area contributed by atoms with Crippen molar-refractivity contribution in [2.45, 2.75) is 12.8 Å². The topological polar surface area (TPSA) is 130 Å². The molecule has 0 unspecified atom stereocenters. The summed E-state index contributed by atoms with van der Waals surface area (Å²) in [7, 11) is 0. The molecule has 0 bridgehead atoms. The number of nitriles is 1. The van der Waals surface area contributed by atoms with Crippen LogP contribution < -0.4 is 21.1 Å². The van der Waals surface area contributed by atoms with Crippen LogP contribution in [-0.4, -0.2) is 36.3 Å². The van der Waals surface area contributed by atoms with Crippen LogP contribution in [0.25, 0.3) is 10.2 Å². The Morgan fingerprint density at radius 3 is 2.69 bits per heavy atom. The van der Waals surface area contributed by atoms with Crippen LogP contribution in [0.1, 0.15) is 21.5 Å². The van der Waals surface area contributed by atoms with E-state index in [0.29, 0.717) is 21.3 Å². The first-order valence-electron chi connectivity index (χ1n) is 9.16. The van der Waals surface area contributed by atoms with Gasteiger partial charge >= 0.3 is 6.36 Å². The number of rotatable bonds is 7. The maximum absolute atomic E-state index is 12.8. The van der Waals surface area contributed by atoms with Crippen LogP contribution in [0.2, 0.25) is 0 Å². The molecule has 2 aromatic carbocycles. The molecule has 12 heteroatoms. The quantitative estimate of drug-likeness (QED) is 0.494. The molecule has 8 nitrogen and oxygen atoms in total. The molecule has 2 amide bonds. The fraction of sp³-hybridized carbons (Fsp3) is 0.200. The number of nitrogens with two attached hydrogens (primary N) is 1. The van der Waals surface area contributed by atoms with Crippen LogP contribution >= 0.6 is 11.3 Å². The maximum atomic E-state index is 12.8. The van der Waals surface area contributed by atoms with Gasteiger partial charge in [0, 0.05) is 18.2 Å². The molecule has 32 heavy (non-hydrogen) atoms. The van der Waals surface area contributed by atoms with Gasteiger partial charge in [-0.3, -0.25) is 14.9 Å². The van der Waals surface area contributed by atoms with Crippen LogP contribution in [0.5, 0.6) is 5.75 Å². The number of halogens is 3. The molecule has 3 rings (SSSR count). The van der Waals surface area contributed by atoms with Crippen molar-refractivity contribution in [3.05, 3.63) is 53.1 Å². The number of carbonyl (C=O) groups is 2. The van der Waals surface area contributed by atoms with Crippen LogP contribution in [0, 0.1) is 11.3 Å². The van der Waals surface area contributed by atoms with Crippen LogP contribution in [0.4, 0.5) is 18.3 Å². The van der Waals surface area contributed by atoms with Gasteiger partial charge in [0.1, 0.15) is 5.75 Å². The number of nitrogens with one attached hydrogen (secondary N) is 2. The molecule has 166 valence electrons. The van der Waals surface area contributed by atoms with Crippen LogP contribution in [0.3, 0.4) is 0 Å². The summed E-state index contributed by atoms with van der Waals surface area (Å²) in [6, 6.07) is 10.2. The van der Waals surface area contributed by atoms with E-state index in [1.54, 1.807) is 6.07 Å². The second-order valence-corrected chi connectivity index (χ2v) is 7.47. The minimum Gasteiger partial charge on any atom is -0.406 e. The lowest BCUT2D eigenvalue weighted by Crippen LogP contribution is -2.32. The third-order valence-electron chi connectivity index (χ3n) is 4.19. The highest BCUT2D eigenvalue weighted by Gasteiger charge is 2.31. The summed E-state index contributed by atoms with van der Waals surface area (Å²) in [5.41, 5.74) is 6.78. The van der Waals surface area contributed by atoms with E-state index in [0.717, 1.165) is 17.4 Å². The van der Waals surface area contributed by atoms with Gasteiger partial charge in [-0.1, -0.05) is 11.3 Å². The fourth-order valence-corrected chi connectivity index (χ4v) is 3.71. The number of anilines is 1. The standard InChI is InChI=1S/C20H16F3N5O3S/c21-20(22,23)31-13-2-4-15-16(8-13)32-19(27-15)28-18(30)14-3-1-11(9-24)7-12(14)5-6-26-17(29)10-25/h1-4,7-8H,5-6,10,25H2,(H,26,29)(H,27,28,30). The number of benzene rings is 2. The minimum atomic E-state index is -4.81. The van der Waals surface area contributed by atoms with Gasteiger partial charge in [-0.25, -0.2) is 4.98 Å². The summed E-state index contributed by atoms with van der Waals surface area (Å²) in [5.74, 6) is -1.25. The van der Waals surface area contributed by atoms with E-state index in [-0.39, 0.29) is 41.9 Å². The Bertz CT molecular complexity index is 1200. The van der Waals surface area contributed by atoms with Crippen molar-refractivity contribution in [1.82, 2.24) is 10.3 Å². The molecule has 0 aliphatic carbocycles. The van der Waals surface area contributed by atoms with Crippen molar-refractivity contribution >= 4 is 38.5 Å². The van der Waals surface area contributed by atoms with Gasteiger partial charge in [0.25, 0.3) is 5.91 Å². The lowest BCUT2D eigenvalue weighted by Gasteiger charge is -2.10. The van der Waals surface area contributed by atoms with Crippen LogP contribution in [0.15, 0.2) is 36.4 Å². The van der Waals surface area contributed by atoms with Crippen molar-refractivity contribution in [2.24, 2.45) is 5.73 Å². The average molecular weight is 463 g/mol. The zero-order valence-corrected chi connectivity index (χ0v) is 17.1. The number of thiazole rings is 1. The summed E-state index contributed by atoms with van der Waals surface area (Å²) in [6.07, 6.45) is -4.53. The first-order valence-corrected chi connectivity index (χ1v) is 9.97. The molecule has 3 aromatic rings. The first-order chi connectivity index (χ1) is 15.2. The third kappa shape index (κ3) is 5.93. The average Bonchev–Trinajstić information content (AvgIpc) is 3.13. The number of fused-ring (bicyclic) bond motifs is 1. The largest absolute Gasteiger partial charge is 0.573 e. The second kappa shape index (κ2) is 9.63. The number of nitrogens with zero attached hydrogens (tertiary/aromatic N) is 2.